The zero-order valence-corrected chi connectivity index (χ0v) is 54.0. The largest absolute Gasteiger partial charge is 0.308 e. The van der Waals surface area contributed by atoms with Crippen LogP contribution in [0.4, 0.5) is 0 Å². The van der Waals surface area contributed by atoms with Crippen molar-refractivity contribution in [3.63, 3.8) is 0 Å². The number of thiophene rings is 4. The summed E-state index contributed by atoms with van der Waals surface area (Å²) in [5.74, 6) is 0. The molecule has 0 radical (unpaired) electrons. The van der Waals surface area contributed by atoms with Crippen molar-refractivity contribution in [2.24, 2.45) is 0 Å². The number of hydrogen-bond donors (Lipinski definition) is 0. The lowest BCUT2D eigenvalue weighted by molar-refractivity contribution is 1.19. The van der Waals surface area contributed by atoms with Crippen LogP contribution in [0, 0.1) is 0 Å². The number of nitrogens with zero attached hydrogens (tertiary/aromatic N) is 2. The Kier molecular flexibility index (Phi) is 13.1. The van der Waals surface area contributed by atoms with E-state index in [2.05, 4.69) is 337 Å². The van der Waals surface area contributed by atoms with Gasteiger partial charge in [-0.15, -0.1) is 45.3 Å². The van der Waals surface area contributed by atoms with Gasteiger partial charge in [0.15, 0.2) is 0 Å². The second-order valence-electron chi connectivity index (χ2n) is 24.2. The smallest absolute Gasteiger partial charge is 0.0727 e. The maximum Gasteiger partial charge on any atom is 0.0727 e. The average Bonchev–Trinajstić information content (AvgIpc) is 1.49. The van der Waals surface area contributed by atoms with Crippen molar-refractivity contribution in [1.29, 1.82) is 0 Å². The van der Waals surface area contributed by atoms with Gasteiger partial charge in [-0.1, -0.05) is 279 Å². The van der Waals surface area contributed by atoms with Gasteiger partial charge in [0.1, 0.15) is 0 Å². The van der Waals surface area contributed by atoms with Crippen LogP contribution in [-0.2, 0) is 0 Å². The van der Waals surface area contributed by atoms with Gasteiger partial charge in [0, 0.05) is 82.7 Å². The minimum atomic E-state index is 1.19. The summed E-state index contributed by atoms with van der Waals surface area (Å²) in [6, 6.07) is 120. The van der Waals surface area contributed by atoms with Crippen molar-refractivity contribution in [2.75, 3.05) is 0 Å². The van der Waals surface area contributed by atoms with Crippen LogP contribution in [0.15, 0.2) is 328 Å². The maximum absolute atomic E-state index is 2.44. The van der Waals surface area contributed by atoms with Crippen LogP contribution in [0.1, 0.15) is 0 Å². The molecule has 0 aliphatic heterocycles. The SMILES string of the molecule is c1ccc(-c2ccc3c(c2)sc2cc(-c4ccc(-c5cccc6c5sc5c7ccccc7n(-c7ccccc7)c65)cc4)ccc23)cc1.c1ccc(-c2cccc3c2sc2c(-c4ccc(-c5cccc6c5sc5c7ccccc7n(-c7ccccc7)c65)cc4)cccc23)cc1. The summed E-state index contributed by atoms with van der Waals surface area (Å²) in [4.78, 5) is 0. The molecule has 20 aromatic rings. The molecule has 20 rings (SSSR count). The van der Waals surface area contributed by atoms with Gasteiger partial charge in [-0.05, 0) is 115 Å². The number of hydrogen-bond acceptors (Lipinski definition) is 4. The van der Waals surface area contributed by atoms with Gasteiger partial charge < -0.3 is 9.13 Å². The Morgan fingerprint density at radius 1 is 0.181 bits per heavy atom. The summed E-state index contributed by atoms with van der Waals surface area (Å²) in [6.45, 7) is 0. The molecule has 94 heavy (non-hydrogen) atoms. The molecular weight excluding hydrogens is 1210 g/mol. The lowest BCUT2D eigenvalue weighted by Gasteiger charge is -2.09. The Hall–Kier alpha value is -11.0. The third-order valence-electron chi connectivity index (χ3n) is 18.9. The van der Waals surface area contributed by atoms with Crippen molar-refractivity contribution >= 4 is 148 Å². The quantitative estimate of drug-likeness (QED) is 0.143. The summed E-state index contributed by atoms with van der Waals surface area (Å²) in [5.41, 5.74) is 22.7. The highest BCUT2D eigenvalue weighted by molar-refractivity contribution is 7.28. The van der Waals surface area contributed by atoms with Gasteiger partial charge in [-0.3, -0.25) is 0 Å². The highest BCUT2D eigenvalue weighted by Crippen LogP contribution is 2.50. The molecule has 440 valence electrons. The molecule has 0 spiro atoms. The van der Waals surface area contributed by atoms with Crippen molar-refractivity contribution in [1.82, 2.24) is 9.13 Å². The van der Waals surface area contributed by atoms with E-state index in [0.717, 1.165) is 0 Å². The summed E-state index contributed by atoms with van der Waals surface area (Å²) in [5, 5.41) is 10.5. The molecule has 0 saturated carbocycles. The van der Waals surface area contributed by atoms with E-state index in [1.807, 2.05) is 45.3 Å². The predicted octanol–water partition coefficient (Wildman–Crippen LogP) is 26.7. The number of aromatic nitrogens is 2. The Balaban J connectivity index is 0.000000133. The molecule has 0 atom stereocenters. The molecule has 0 saturated heterocycles. The second kappa shape index (κ2) is 22.4. The fourth-order valence-corrected chi connectivity index (χ4v) is 19.7. The summed E-state index contributed by atoms with van der Waals surface area (Å²) in [6.07, 6.45) is 0. The predicted molar refractivity (Wildman–Crippen MR) is 411 cm³/mol. The first-order valence-corrected chi connectivity index (χ1v) is 35.1. The van der Waals surface area contributed by atoms with E-state index < -0.39 is 0 Å². The third kappa shape index (κ3) is 8.94. The van der Waals surface area contributed by atoms with Crippen molar-refractivity contribution in [3.8, 4) is 78.1 Å². The van der Waals surface area contributed by atoms with Gasteiger partial charge in [-0.25, -0.2) is 0 Å². The summed E-state index contributed by atoms with van der Waals surface area (Å²) < 4.78 is 15.6. The average molecular weight is 1270 g/mol. The van der Waals surface area contributed by atoms with Crippen LogP contribution < -0.4 is 0 Å². The number of fused-ring (bicyclic) bond motifs is 16. The summed E-state index contributed by atoms with van der Waals surface area (Å²) in [7, 11) is 0. The molecule has 0 N–H and O–H groups in total. The molecule has 0 amide bonds. The first-order chi connectivity index (χ1) is 46.6. The monoisotopic (exact) mass is 1270 g/mol. The Labute approximate surface area is 558 Å². The highest BCUT2D eigenvalue weighted by atomic mass is 32.1. The zero-order valence-electron chi connectivity index (χ0n) is 50.7. The molecule has 0 aliphatic carbocycles. The topological polar surface area (TPSA) is 9.86 Å². The van der Waals surface area contributed by atoms with Gasteiger partial charge in [0.05, 0.1) is 31.5 Å². The van der Waals surface area contributed by atoms with E-state index in [0.29, 0.717) is 0 Å². The van der Waals surface area contributed by atoms with Crippen LogP contribution in [-0.4, -0.2) is 9.13 Å². The molecular formula is C88H54N2S4. The Morgan fingerprint density at radius 3 is 0.904 bits per heavy atom. The fraction of sp³-hybridized carbons (Fsp3) is 0. The van der Waals surface area contributed by atoms with Gasteiger partial charge >= 0.3 is 0 Å². The Bertz CT molecular complexity index is 6300. The first-order valence-electron chi connectivity index (χ1n) is 31.9. The standard InChI is InChI=1S/2C44H27NS2/c1-3-12-28(13-4-1)32-17-9-20-35-36-21-10-18-33(42(36)46-41(32)35)29-24-26-30(27-25-29)34-19-11-22-38-40-44(47-43(34)38)37-16-7-8-23-39(37)45(40)31-14-5-2-6-15-31;1-3-10-28(11-4-1)31-22-24-35-36-25-23-32(27-41(36)46-40(35)26-31)29-18-20-30(21-19-29)34-15-9-16-38-42-44(47-43(34)38)37-14-7-8-17-39(37)45(42)33-12-5-2-6-13-33/h2*1-27H. The lowest BCUT2D eigenvalue weighted by atomic mass is 9.98. The molecule has 0 fully saturated rings. The Morgan fingerprint density at radius 2 is 0.479 bits per heavy atom. The molecule has 6 aromatic heterocycles. The lowest BCUT2D eigenvalue weighted by Crippen LogP contribution is -1.92. The van der Waals surface area contributed by atoms with Crippen molar-refractivity contribution in [2.45, 2.75) is 0 Å². The normalized spacial score (nSPS) is 11.8. The van der Waals surface area contributed by atoms with Gasteiger partial charge in [0.2, 0.25) is 0 Å². The first kappa shape index (κ1) is 54.7. The van der Waals surface area contributed by atoms with E-state index in [9.17, 15) is 0 Å². The molecule has 0 unspecified atom stereocenters. The van der Waals surface area contributed by atoms with Gasteiger partial charge in [0.25, 0.3) is 0 Å². The molecule has 0 bridgehead atoms. The molecule has 6 heterocycles. The van der Waals surface area contributed by atoms with Crippen molar-refractivity contribution in [3.05, 3.63) is 328 Å². The number of para-hydroxylation sites is 4. The maximum atomic E-state index is 2.44. The van der Waals surface area contributed by atoms with E-state index in [4.69, 9.17) is 0 Å². The fourth-order valence-electron chi connectivity index (χ4n) is 14.5. The second-order valence-corrected chi connectivity index (χ2v) is 28.3. The van der Waals surface area contributed by atoms with Crippen LogP contribution in [0.2, 0.25) is 0 Å². The summed E-state index contributed by atoms with van der Waals surface area (Å²) >= 11 is 7.62. The van der Waals surface area contributed by atoms with E-state index in [-0.39, 0.29) is 0 Å². The number of benzene rings is 14. The molecule has 14 aromatic carbocycles. The van der Waals surface area contributed by atoms with E-state index >= 15 is 0 Å². The molecule has 0 aliphatic rings. The van der Waals surface area contributed by atoms with Crippen LogP contribution >= 0.6 is 45.3 Å². The minimum absolute atomic E-state index is 1.19. The minimum Gasteiger partial charge on any atom is -0.308 e. The molecule has 2 nitrogen and oxygen atoms in total. The third-order valence-corrected chi connectivity index (χ3v) is 23.8. The van der Waals surface area contributed by atoms with E-state index in [1.165, 1.54) is 181 Å². The van der Waals surface area contributed by atoms with E-state index in [1.54, 1.807) is 0 Å². The van der Waals surface area contributed by atoms with Crippen LogP contribution in [0.3, 0.4) is 0 Å². The highest BCUT2D eigenvalue weighted by Gasteiger charge is 2.23. The van der Waals surface area contributed by atoms with Crippen LogP contribution in [0.5, 0.6) is 0 Å². The number of rotatable bonds is 8. The van der Waals surface area contributed by atoms with Crippen molar-refractivity contribution < 1.29 is 0 Å². The molecule has 6 heteroatoms. The van der Waals surface area contributed by atoms with Gasteiger partial charge in [-0.2, -0.15) is 0 Å². The zero-order chi connectivity index (χ0) is 61.8. The van der Waals surface area contributed by atoms with Crippen LogP contribution in [0.25, 0.3) is 181 Å².